The molecule has 1 saturated heterocycles. The van der Waals surface area contributed by atoms with Crippen molar-refractivity contribution < 1.29 is 18.0 Å². The fourth-order valence-corrected chi connectivity index (χ4v) is 3.46. The Morgan fingerprint density at radius 1 is 1.12 bits per heavy atom. The number of hydrogen-bond donors (Lipinski definition) is 1. The highest BCUT2D eigenvalue weighted by Crippen LogP contribution is 2.26. The lowest BCUT2D eigenvalue weighted by atomic mass is 10.1. The van der Waals surface area contributed by atoms with E-state index in [1.54, 1.807) is 17.0 Å². The summed E-state index contributed by atoms with van der Waals surface area (Å²) < 4.78 is 23.2. The van der Waals surface area contributed by atoms with E-state index in [9.17, 15) is 18.0 Å². The molecule has 1 N–H and O–H groups in total. The molecule has 0 radical (unpaired) electrons. The van der Waals surface area contributed by atoms with Crippen LogP contribution >= 0.6 is 0 Å². The maximum Gasteiger partial charge on any atom is 0.229 e. The number of hydrogen-bond acceptors (Lipinski definition) is 4. The van der Waals surface area contributed by atoms with Crippen molar-refractivity contribution in [1.29, 1.82) is 0 Å². The quantitative estimate of drug-likeness (QED) is 0.907. The summed E-state index contributed by atoms with van der Waals surface area (Å²) in [6.07, 6.45) is 1.24. The van der Waals surface area contributed by atoms with E-state index in [0.29, 0.717) is 12.2 Å². The summed E-state index contributed by atoms with van der Waals surface area (Å²) >= 11 is 0. The fraction of sp³-hybridized carbons (Fsp3) is 0.222. The van der Waals surface area contributed by atoms with Crippen LogP contribution < -0.4 is 10.2 Å². The van der Waals surface area contributed by atoms with Gasteiger partial charge in [-0.1, -0.05) is 24.3 Å². The highest BCUT2D eigenvalue weighted by molar-refractivity contribution is 7.90. The summed E-state index contributed by atoms with van der Waals surface area (Å²) in [5.74, 6) is -0.872. The molecule has 1 fully saturated rings. The van der Waals surface area contributed by atoms with Crippen molar-refractivity contribution in [2.45, 2.75) is 11.3 Å². The molecule has 1 aliphatic rings. The summed E-state index contributed by atoms with van der Waals surface area (Å²) in [7, 11) is -3.35. The highest BCUT2D eigenvalue weighted by Gasteiger charge is 2.35. The zero-order chi connectivity index (χ0) is 18.0. The van der Waals surface area contributed by atoms with Crippen LogP contribution in [0.5, 0.6) is 0 Å². The zero-order valence-corrected chi connectivity index (χ0v) is 14.5. The number of nitrogens with zero attached hydrogens (tertiary/aromatic N) is 1. The van der Waals surface area contributed by atoms with E-state index in [0.717, 1.165) is 11.9 Å². The zero-order valence-electron chi connectivity index (χ0n) is 13.7. The molecule has 7 heteroatoms. The van der Waals surface area contributed by atoms with E-state index < -0.39 is 15.8 Å². The largest absolute Gasteiger partial charge is 0.326 e. The molecule has 2 aromatic rings. The van der Waals surface area contributed by atoms with Gasteiger partial charge in [-0.2, -0.15) is 0 Å². The summed E-state index contributed by atoms with van der Waals surface area (Å²) in [4.78, 5) is 26.4. The van der Waals surface area contributed by atoms with Gasteiger partial charge in [-0.25, -0.2) is 8.42 Å². The minimum atomic E-state index is -3.35. The Kier molecular flexibility index (Phi) is 4.59. The summed E-state index contributed by atoms with van der Waals surface area (Å²) in [6, 6.07) is 15.3. The topological polar surface area (TPSA) is 83.5 Å². The number of amides is 2. The van der Waals surface area contributed by atoms with Gasteiger partial charge >= 0.3 is 0 Å². The molecule has 2 amide bonds. The van der Waals surface area contributed by atoms with Gasteiger partial charge in [0.2, 0.25) is 11.8 Å². The van der Waals surface area contributed by atoms with Crippen molar-refractivity contribution >= 4 is 33.0 Å². The number of nitrogens with one attached hydrogen (secondary N) is 1. The van der Waals surface area contributed by atoms with Crippen LogP contribution in [-0.2, 0) is 19.4 Å². The van der Waals surface area contributed by atoms with Crippen molar-refractivity contribution in [3.8, 4) is 0 Å². The lowest BCUT2D eigenvalue weighted by Gasteiger charge is -2.16. The minimum absolute atomic E-state index is 0.101. The van der Waals surface area contributed by atoms with Crippen molar-refractivity contribution in [2.75, 3.05) is 23.0 Å². The second-order valence-electron chi connectivity index (χ2n) is 6.03. The third kappa shape index (κ3) is 3.88. The molecule has 1 heterocycles. The Balaban J connectivity index is 1.72. The molecule has 3 rings (SSSR count). The van der Waals surface area contributed by atoms with Gasteiger partial charge in [0.15, 0.2) is 9.84 Å². The van der Waals surface area contributed by atoms with Gasteiger partial charge in [-0.05, 0) is 30.3 Å². The van der Waals surface area contributed by atoms with E-state index in [2.05, 4.69) is 5.32 Å². The summed E-state index contributed by atoms with van der Waals surface area (Å²) in [6.45, 7) is 0.306. The van der Waals surface area contributed by atoms with E-state index in [4.69, 9.17) is 0 Å². The van der Waals surface area contributed by atoms with Gasteiger partial charge in [-0.15, -0.1) is 0 Å². The van der Waals surface area contributed by atoms with Crippen LogP contribution in [0.15, 0.2) is 59.5 Å². The summed E-state index contributed by atoms with van der Waals surface area (Å²) in [5.41, 5.74) is 1.17. The van der Waals surface area contributed by atoms with Gasteiger partial charge in [0, 0.05) is 30.6 Å². The van der Waals surface area contributed by atoms with Crippen LogP contribution in [0.3, 0.4) is 0 Å². The number of rotatable bonds is 4. The SMILES string of the molecule is CS(=O)(=O)c1cccc(NC(=O)C2CC(=O)N(c3ccccc3)C2)c1. The number of benzene rings is 2. The monoisotopic (exact) mass is 358 g/mol. The lowest BCUT2D eigenvalue weighted by Crippen LogP contribution is -2.28. The minimum Gasteiger partial charge on any atom is -0.326 e. The van der Waals surface area contributed by atoms with Gasteiger partial charge in [0.05, 0.1) is 10.8 Å². The third-order valence-corrected chi connectivity index (χ3v) is 5.20. The Labute approximate surface area is 146 Å². The van der Waals surface area contributed by atoms with E-state index in [1.807, 2.05) is 30.3 Å². The van der Waals surface area contributed by atoms with E-state index >= 15 is 0 Å². The first-order valence-electron chi connectivity index (χ1n) is 7.81. The Morgan fingerprint density at radius 2 is 1.84 bits per heavy atom. The standard InChI is InChI=1S/C18H18N2O4S/c1-25(23,24)16-9-5-6-14(11-16)19-18(22)13-10-17(21)20(12-13)15-7-3-2-4-8-15/h2-9,11,13H,10,12H2,1H3,(H,19,22). The Bertz CT molecular complexity index is 910. The van der Waals surface area contributed by atoms with Gasteiger partial charge in [-0.3, -0.25) is 9.59 Å². The van der Waals surface area contributed by atoms with Gasteiger partial charge in [0.1, 0.15) is 0 Å². The normalized spacial score (nSPS) is 17.6. The van der Waals surface area contributed by atoms with Crippen molar-refractivity contribution in [2.24, 2.45) is 5.92 Å². The molecule has 2 aromatic carbocycles. The third-order valence-electron chi connectivity index (χ3n) is 4.09. The highest BCUT2D eigenvalue weighted by atomic mass is 32.2. The van der Waals surface area contributed by atoms with Gasteiger partial charge in [0.25, 0.3) is 0 Å². The lowest BCUT2D eigenvalue weighted by molar-refractivity contribution is -0.122. The fourth-order valence-electron chi connectivity index (χ4n) is 2.79. The number of carbonyl (C=O) groups is 2. The molecule has 6 nitrogen and oxygen atoms in total. The Hall–Kier alpha value is -2.67. The average molecular weight is 358 g/mol. The maximum atomic E-state index is 12.5. The van der Waals surface area contributed by atoms with Crippen LogP contribution in [0, 0.1) is 5.92 Å². The molecule has 0 saturated carbocycles. The molecule has 1 aliphatic heterocycles. The number of para-hydroxylation sites is 1. The molecule has 130 valence electrons. The molecule has 0 spiro atoms. The van der Waals surface area contributed by atoms with Crippen LogP contribution in [0.25, 0.3) is 0 Å². The molecular formula is C18H18N2O4S. The molecular weight excluding hydrogens is 340 g/mol. The molecule has 0 aliphatic carbocycles. The van der Waals surface area contributed by atoms with Crippen LogP contribution in [0.1, 0.15) is 6.42 Å². The second-order valence-corrected chi connectivity index (χ2v) is 8.05. The first-order chi connectivity index (χ1) is 11.8. The first-order valence-corrected chi connectivity index (χ1v) is 9.70. The average Bonchev–Trinajstić information content (AvgIpc) is 2.97. The molecule has 25 heavy (non-hydrogen) atoms. The van der Waals surface area contributed by atoms with Crippen molar-refractivity contribution in [3.05, 3.63) is 54.6 Å². The predicted octanol–water partition coefficient (Wildman–Crippen LogP) is 2.08. The maximum absolute atomic E-state index is 12.5. The van der Waals surface area contributed by atoms with E-state index in [-0.39, 0.29) is 23.1 Å². The predicted molar refractivity (Wildman–Crippen MR) is 95.1 cm³/mol. The molecule has 0 aromatic heterocycles. The molecule has 0 bridgehead atoms. The summed E-state index contributed by atoms with van der Waals surface area (Å²) in [5, 5.41) is 2.71. The smallest absolute Gasteiger partial charge is 0.229 e. The van der Waals surface area contributed by atoms with Crippen LogP contribution in [0.2, 0.25) is 0 Å². The number of sulfone groups is 1. The van der Waals surface area contributed by atoms with Crippen LogP contribution in [0.4, 0.5) is 11.4 Å². The number of carbonyl (C=O) groups excluding carboxylic acids is 2. The van der Waals surface area contributed by atoms with Crippen molar-refractivity contribution in [3.63, 3.8) is 0 Å². The number of anilines is 2. The molecule has 1 unspecified atom stereocenters. The van der Waals surface area contributed by atoms with Gasteiger partial charge < -0.3 is 10.2 Å². The first kappa shape index (κ1) is 17.2. The van der Waals surface area contributed by atoms with Crippen molar-refractivity contribution in [1.82, 2.24) is 0 Å². The molecule has 1 atom stereocenters. The van der Waals surface area contributed by atoms with Crippen LogP contribution in [-0.4, -0.2) is 33.0 Å². The Morgan fingerprint density at radius 3 is 2.52 bits per heavy atom. The van der Waals surface area contributed by atoms with E-state index in [1.165, 1.54) is 12.1 Å². The second kappa shape index (κ2) is 6.68.